The standard InChI is InChI=1S/C14H10FNO4/c1-9-5-6-14(12(7-9)16(18)19)20-13-4-2-3-11(15)10(13)8-17/h2-8H,1H3. The van der Waals surface area contributed by atoms with Gasteiger partial charge in [-0.2, -0.15) is 0 Å². The van der Waals surface area contributed by atoms with E-state index in [4.69, 9.17) is 4.74 Å². The number of hydrogen-bond acceptors (Lipinski definition) is 4. The third kappa shape index (κ3) is 2.64. The first kappa shape index (κ1) is 13.7. The summed E-state index contributed by atoms with van der Waals surface area (Å²) in [5.41, 5.74) is 0.174. The van der Waals surface area contributed by atoms with E-state index in [9.17, 15) is 19.3 Å². The van der Waals surface area contributed by atoms with E-state index in [1.807, 2.05) is 0 Å². The molecule has 0 saturated heterocycles. The minimum atomic E-state index is -0.743. The maximum absolute atomic E-state index is 13.4. The Morgan fingerprint density at radius 3 is 2.65 bits per heavy atom. The van der Waals surface area contributed by atoms with Crippen molar-refractivity contribution < 1.29 is 18.8 Å². The molecule has 2 rings (SSSR count). The molecule has 0 aliphatic rings. The van der Waals surface area contributed by atoms with Crippen molar-refractivity contribution in [2.75, 3.05) is 0 Å². The highest BCUT2D eigenvalue weighted by Gasteiger charge is 2.18. The Morgan fingerprint density at radius 1 is 1.25 bits per heavy atom. The molecule has 0 aromatic heterocycles. The van der Waals surface area contributed by atoms with Gasteiger partial charge in [-0.15, -0.1) is 0 Å². The van der Waals surface area contributed by atoms with Crippen LogP contribution < -0.4 is 4.74 Å². The molecule has 20 heavy (non-hydrogen) atoms. The van der Waals surface area contributed by atoms with Crippen molar-refractivity contribution in [3.63, 3.8) is 0 Å². The van der Waals surface area contributed by atoms with Crippen LogP contribution in [0.15, 0.2) is 36.4 Å². The summed E-state index contributed by atoms with van der Waals surface area (Å²) in [5, 5.41) is 11.0. The van der Waals surface area contributed by atoms with E-state index in [1.165, 1.54) is 24.3 Å². The minimum absolute atomic E-state index is 0.0469. The molecule has 0 saturated carbocycles. The summed E-state index contributed by atoms with van der Waals surface area (Å²) in [4.78, 5) is 21.2. The van der Waals surface area contributed by atoms with Crippen LogP contribution in [0.2, 0.25) is 0 Å². The summed E-state index contributed by atoms with van der Waals surface area (Å²) in [6.07, 6.45) is 0.310. The Morgan fingerprint density at radius 2 is 2.00 bits per heavy atom. The molecular formula is C14H10FNO4. The van der Waals surface area contributed by atoms with E-state index < -0.39 is 10.7 Å². The number of hydrogen-bond donors (Lipinski definition) is 0. The summed E-state index contributed by atoms with van der Waals surface area (Å²) < 4.78 is 18.7. The molecule has 0 radical (unpaired) electrons. The van der Waals surface area contributed by atoms with E-state index in [1.54, 1.807) is 13.0 Å². The first-order valence-corrected chi connectivity index (χ1v) is 5.69. The molecule has 5 nitrogen and oxygen atoms in total. The van der Waals surface area contributed by atoms with Gasteiger partial charge in [0.25, 0.3) is 0 Å². The fraction of sp³-hybridized carbons (Fsp3) is 0.0714. The number of aryl methyl sites for hydroxylation is 1. The highest BCUT2D eigenvalue weighted by molar-refractivity contribution is 5.80. The number of aldehydes is 1. The van der Waals surface area contributed by atoms with Crippen molar-refractivity contribution in [2.24, 2.45) is 0 Å². The van der Waals surface area contributed by atoms with Crippen LogP contribution in [0.5, 0.6) is 11.5 Å². The molecule has 0 amide bonds. The molecule has 0 aliphatic carbocycles. The van der Waals surface area contributed by atoms with Crippen LogP contribution in [0, 0.1) is 22.9 Å². The Labute approximate surface area is 113 Å². The van der Waals surface area contributed by atoms with Crippen molar-refractivity contribution in [1.82, 2.24) is 0 Å². The fourth-order valence-corrected chi connectivity index (χ4v) is 1.70. The highest BCUT2D eigenvalue weighted by Crippen LogP contribution is 2.33. The van der Waals surface area contributed by atoms with E-state index in [0.29, 0.717) is 11.8 Å². The maximum atomic E-state index is 13.4. The van der Waals surface area contributed by atoms with Gasteiger partial charge in [0.1, 0.15) is 11.6 Å². The lowest BCUT2D eigenvalue weighted by Gasteiger charge is -2.09. The van der Waals surface area contributed by atoms with Gasteiger partial charge in [-0.25, -0.2) is 4.39 Å². The molecule has 0 N–H and O–H groups in total. The zero-order valence-electron chi connectivity index (χ0n) is 10.5. The molecule has 2 aromatic rings. The summed E-state index contributed by atoms with van der Waals surface area (Å²) in [6.45, 7) is 1.70. The van der Waals surface area contributed by atoms with Crippen molar-refractivity contribution in [3.8, 4) is 11.5 Å². The first-order valence-electron chi connectivity index (χ1n) is 5.69. The third-order valence-electron chi connectivity index (χ3n) is 2.66. The molecule has 0 fully saturated rings. The highest BCUT2D eigenvalue weighted by atomic mass is 19.1. The van der Waals surface area contributed by atoms with Gasteiger partial charge >= 0.3 is 5.69 Å². The molecule has 0 aliphatic heterocycles. The van der Waals surface area contributed by atoms with Crippen molar-refractivity contribution in [2.45, 2.75) is 6.92 Å². The zero-order valence-corrected chi connectivity index (χ0v) is 10.5. The maximum Gasteiger partial charge on any atom is 0.311 e. The van der Waals surface area contributed by atoms with Crippen molar-refractivity contribution >= 4 is 12.0 Å². The Hall–Kier alpha value is -2.76. The van der Waals surface area contributed by atoms with Crippen LogP contribution in [-0.2, 0) is 0 Å². The van der Waals surface area contributed by atoms with Crippen LogP contribution in [-0.4, -0.2) is 11.2 Å². The predicted octanol–water partition coefficient (Wildman–Crippen LogP) is 3.65. The number of nitro groups is 1. The van der Waals surface area contributed by atoms with Gasteiger partial charge in [0.05, 0.1) is 10.5 Å². The molecule has 6 heteroatoms. The van der Waals surface area contributed by atoms with Gasteiger partial charge in [-0.1, -0.05) is 12.1 Å². The zero-order chi connectivity index (χ0) is 14.7. The third-order valence-corrected chi connectivity index (χ3v) is 2.66. The van der Waals surface area contributed by atoms with Crippen LogP contribution in [0.1, 0.15) is 15.9 Å². The molecule has 2 aromatic carbocycles. The van der Waals surface area contributed by atoms with Gasteiger partial charge in [-0.05, 0) is 30.7 Å². The average Bonchev–Trinajstić information content (AvgIpc) is 2.41. The lowest BCUT2D eigenvalue weighted by Crippen LogP contribution is -1.97. The van der Waals surface area contributed by atoms with E-state index in [2.05, 4.69) is 0 Å². The number of halogens is 1. The fourth-order valence-electron chi connectivity index (χ4n) is 1.70. The van der Waals surface area contributed by atoms with Crippen LogP contribution in [0.25, 0.3) is 0 Å². The quantitative estimate of drug-likeness (QED) is 0.485. The normalized spacial score (nSPS) is 10.1. The van der Waals surface area contributed by atoms with E-state index in [-0.39, 0.29) is 22.7 Å². The number of carbonyl (C=O) groups is 1. The number of rotatable bonds is 4. The monoisotopic (exact) mass is 275 g/mol. The summed E-state index contributed by atoms with van der Waals surface area (Å²) in [7, 11) is 0. The van der Waals surface area contributed by atoms with Gasteiger partial charge in [0, 0.05) is 6.07 Å². The molecule has 102 valence electrons. The lowest BCUT2D eigenvalue weighted by atomic mass is 10.2. The van der Waals surface area contributed by atoms with E-state index >= 15 is 0 Å². The van der Waals surface area contributed by atoms with E-state index in [0.717, 1.165) is 6.07 Å². The summed E-state index contributed by atoms with van der Waals surface area (Å²) in [6, 6.07) is 8.22. The Balaban J connectivity index is 2.48. The molecule has 0 bridgehead atoms. The number of nitro benzene ring substituents is 1. The molecule has 0 atom stereocenters. The smallest absolute Gasteiger partial charge is 0.311 e. The largest absolute Gasteiger partial charge is 0.449 e. The van der Waals surface area contributed by atoms with Crippen molar-refractivity contribution in [3.05, 3.63) is 63.5 Å². The SMILES string of the molecule is Cc1ccc(Oc2cccc(F)c2C=O)c([N+](=O)[O-])c1. The van der Waals surface area contributed by atoms with Crippen LogP contribution in [0.3, 0.4) is 0 Å². The Bertz CT molecular complexity index is 685. The second-order valence-corrected chi connectivity index (χ2v) is 4.10. The predicted molar refractivity (Wildman–Crippen MR) is 69.7 cm³/mol. The van der Waals surface area contributed by atoms with Gasteiger partial charge < -0.3 is 4.74 Å². The number of carbonyl (C=O) groups excluding carboxylic acids is 1. The number of benzene rings is 2. The molecule has 0 heterocycles. The summed E-state index contributed by atoms with van der Waals surface area (Å²) >= 11 is 0. The van der Waals surface area contributed by atoms with Gasteiger partial charge in [0.15, 0.2) is 6.29 Å². The minimum Gasteiger partial charge on any atom is -0.449 e. The lowest BCUT2D eigenvalue weighted by molar-refractivity contribution is -0.385. The number of nitrogens with zero attached hydrogens (tertiary/aromatic N) is 1. The van der Waals surface area contributed by atoms with Crippen LogP contribution in [0.4, 0.5) is 10.1 Å². The topological polar surface area (TPSA) is 69.4 Å². The molecule has 0 unspecified atom stereocenters. The Kier molecular flexibility index (Phi) is 3.74. The second-order valence-electron chi connectivity index (χ2n) is 4.10. The van der Waals surface area contributed by atoms with Gasteiger partial charge in [0.2, 0.25) is 5.75 Å². The van der Waals surface area contributed by atoms with Gasteiger partial charge in [-0.3, -0.25) is 14.9 Å². The second kappa shape index (κ2) is 5.48. The average molecular weight is 275 g/mol. The van der Waals surface area contributed by atoms with Crippen LogP contribution >= 0.6 is 0 Å². The summed E-state index contributed by atoms with van der Waals surface area (Å²) in [5.74, 6) is -0.853. The van der Waals surface area contributed by atoms with Crippen molar-refractivity contribution in [1.29, 1.82) is 0 Å². The first-order chi connectivity index (χ1) is 9.52. The number of ether oxygens (including phenoxy) is 1. The molecule has 0 spiro atoms. The molecular weight excluding hydrogens is 265 g/mol.